The largest absolute Gasteiger partial charge is 0.493 e. The fourth-order valence-corrected chi connectivity index (χ4v) is 17.4. The number of imide groups is 1. The highest BCUT2D eigenvalue weighted by atomic mass is 32.2. The molecule has 12 atom stereocenters. The van der Waals surface area contributed by atoms with Crippen molar-refractivity contribution in [2.24, 2.45) is 35.3 Å². The summed E-state index contributed by atoms with van der Waals surface area (Å²) in [5, 5.41) is 32.7. The molecule has 5 aromatic carbocycles. The second-order valence-corrected chi connectivity index (χ2v) is 35.3. The number of aliphatic hydroxyl groups excluding tert-OH is 1. The number of nitrogens with zero attached hydrogens (tertiary/aromatic N) is 4. The van der Waals surface area contributed by atoms with E-state index in [1.165, 1.54) is 66.6 Å². The predicted molar refractivity (Wildman–Crippen MR) is 497 cm³/mol. The Bertz CT molecular complexity index is 4630. The molecule has 1 saturated heterocycles. The zero-order valence-corrected chi connectivity index (χ0v) is 80.2. The third kappa shape index (κ3) is 30.3. The van der Waals surface area contributed by atoms with Crippen molar-refractivity contribution in [2.45, 2.75) is 185 Å². The molecule has 0 aliphatic carbocycles. The second-order valence-electron chi connectivity index (χ2n) is 33.1. The van der Waals surface area contributed by atoms with Crippen LogP contribution in [0.1, 0.15) is 146 Å². The van der Waals surface area contributed by atoms with Crippen molar-refractivity contribution >= 4 is 112 Å². The summed E-state index contributed by atoms with van der Waals surface area (Å²) in [6, 6.07) is 24.4. The number of amides is 14. The first kappa shape index (κ1) is 108. The topological polar surface area (TPSA) is 460 Å². The van der Waals surface area contributed by atoms with Gasteiger partial charge in [0.2, 0.25) is 47.1 Å². The van der Waals surface area contributed by atoms with Crippen LogP contribution in [-0.4, -0.2) is 267 Å². The van der Waals surface area contributed by atoms with Crippen LogP contribution in [0.3, 0.4) is 0 Å². The van der Waals surface area contributed by atoms with Gasteiger partial charge in [0.1, 0.15) is 44.0 Å². The zero-order valence-electron chi connectivity index (χ0n) is 78.6. The lowest BCUT2D eigenvalue weighted by Crippen LogP contribution is -2.60. The van der Waals surface area contributed by atoms with Gasteiger partial charge in [-0.25, -0.2) is 14.5 Å². The molecule has 38 heteroatoms. The number of methoxy groups -OCH3 is 4. The molecule has 0 saturated carbocycles. The monoisotopic (exact) mass is 1870 g/mol. The zero-order chi connectivity index (χ0) is 97.2. The Morgan fingerprint density at radius 2 is 1.17 bits per heavy atom. The van der Waals surface area contributed by atoms with Gasteiger partial charge in [-0.1, -0.05) is 135 Å². The quantitative estimate of drug-likeness (QED) is 0.0130. The maximum absolute atomic E-state index is 14.9. The second kappa shape index (κ2) is 53.3. The van der Waals surface area contributed by atoms with Crippen LogP contribution in [0, 0.1) is 29.6 Å². The summed E-state index contributed by atoms with van der Waals surface area (Å²) in [6.45, 7) is 18.1. The van der Waals surface area contributed by atoms with Crippen LogP contribution in [0.15, 0.2) is 135 Å². The maximum Gasteiger partial charge on any atom is 0.410 e. The van der Waals surface area contributed by atoms with Crippen molar-refractivity contribution in [2.75, 3.05) is 126 Å². The molecule has 1 unspecified atom stereocenters. The molecule has 0 aromatic heterocycles. The van der Waals surface area contributed by atoms with Crippen LogP contribution in [0.5, 0.6) is 17.2 Å². The summed E-state index contributed by atoms with van der Waals surface area (Å²) in [5.41, 5.74) is 7.70. The number of rotatable bonds is 53. The van der Waals surface area contributed by atoms with E-state index in [0.717, 1.165) is 33.3 Å². The lowest BCUT2D eigenvalue weighted by molar-refractivity contribution is -0.148. The highest BCUT2D eigenvalue weighted by molar-refractivity contribution is 8.08. The van der Waals surface area contributed by atoms with Gasteiger partial charge >= 0.3 is 12.1 Å². The Labute approximate surface area is 780 Å². The highest BCUT2D eigenvalue weighted by Crippen LogP contribution is 2.48. The molecule has 14 amide bonds. The highest BCUT2D eigenvalue weighted by Gasteiger charge is 2.46. The third-order valence-corrected chi connectivity index (χ3v) is 25.1. The van der Waals surface area contributed by atoms with Crippen molar-refractivity contribution in [3.05, 3.63) is 147 Å². The van der Waals surface area contributed by atoms with E-state index in [4.69, 9.17) is 48.4 Å². The average Bonchev–Trinajstić information content (AvgIpc) is 1.61. The van der Waals surface area contributed by atoms with E-state index in [0.29, 0.717) is 63.5 Å². The van der Waals surface area contributed by atoms with Crippen molar-refractivity contribution in [3.63, 3.8) is 0 Å². The van der Waals surface area contributed by atoms with Crippen molar-refractivity contribution in [1.29, 1.82) is 0 Å². The van der Waals surface area contributed by atoms with Gasteiger partial charge in [-0.3, -0.25) is 57.6 Å². The number of thioether (sulfide) groups is 2. The van der Waals surface area contributed by atoms with Gasteiger partial charge in [0.05, 0.1) is 112 Å². The number of hydrogen-bond acceptors (Lipinski definition) is 25. The first-order valence-corrected chi connectivity index (χ1v) is 45.7. The molecule has 2 heterocycles. The van der Waals surface area contributed by atoms with Crippen LogP contribution >= 0.6 is 23.5 Å². The molecule has 0 spiro atoms. The van der Waals surface area contributed by atoms with Crippen LogP contribution < -0.4 is 67.4 Å². The molecule has 132 heavy (non-hydrogen) atoms. The Kier molecular flexibility index (Phi) is 43.5. The van der Waals surface area contributed by atoms with Gasteiger partial charge in [-0.15, -0.1) is 0 Å². The van der Waals surface area contributed by atoms with Crippen LogP contribution in [0.25, 0.3) is 0 Å². The van der Waals surface area contributed by atoms with Crippen molar-refractivity contribution in [3.8, 4) is 17.2 Å². The molecule has 722 valence electrons. The predicted octanol–water partition coefficient (Wildman–Crippen LogP) is 8.13. The Hall–Kier alpha value is -11.4. The van der Waals surface area contributed by atoms with E-state index >= 15 is 0 Å². The molecule has 1 fully saturated rings. The summed E-state index contributed by atoms with van der Waals surface area (Å²) in [5.74, 6) is -7.25. The number of hydrogen-bond donors (Lipinski definition) is 10. The number of ether oxygens (including phenoxy) is 9. The number of primary amides is 1. The number of anilines is 2. The third-order valence-electron chi connectivity index (χ3n) is 22.8. The minimum absolute atomic E-state index is 0.00513. The number of likely N-dealkylation sites (tertiary alicyclic amines) is 1. The van der Waals surface area contributed by atoms with E-state index in [2.05, 4.69) is 42.5 Å². The lowest BCUT2D eigenvalue weighted by atomic mass is 9.89. The van der Waals surface area contributed by atoms with Crippen LogP contribution in [-0.2, 0) is 78.2 Å². The Morgan fingerprint density at radius 3 is 1.67 bits per heavy atom. The fourth-order valence-electron chi connectivity index (χ4n) is 15.4. The maximum atomic E-state index is 14.9. The summed E-state index contributed by atoms with van der Waals surface area (Å²) in [7, 11) is 11.9. The van der Waals surface area contributed by atoms with E-state index in [1.54, 1.807) is 152 Å². The van der Waals surface area contributed by atoms with E-state index in [9.17, 15) is 67.4 Å². The van der Waals surface area contributed by atoms with E-state index < -0.39 is 144 Å². The standard InChI is InChI=1S/C94H131N13O23S2/c1-19-57(8)78(70(122-15)51-74(109)106-42-24-28-69(106)80(125-18)58(9)84(111)99-59(10)79(110)61-25-21-20-22-26-61)104(13)90(117)76(55(4)5)103-89(116)77(56(6)7)105(14)94(121)130-52-60-29-35-64(36-30-60)100-87(114)68(27-23-41-98-93(95)120)101-88(115)75(54(2)3)102-73(108)53-128-46-45-126-43-44-127-47-48-129-81-71(123-16)49-65(50-72(81)124-17)107-91(118)82(131-66-37-31-62(32-38-66)85(112)96-11)83(92(107)119)132-67-39-33-63(34-40-67)86(113)97-12/h20-22,25-26,29-40,49-50,54-59,68-70,75-80,110H,19,23-24,27-28,41-48,51-53H2,1-18H3,(H,96,112)(H,97,113)(H,99,111)(H,100,114)(H,101,115)(H,102,108)(H,103,116)(H3,95,98,120)/t57?,58-,59-,68+,69+,70-,75+,76+,77+,78+,79-,80-/m1/s1. The van der Waals surface area contributed by atoms with Crippen molar-refractivity contribution < 1.29 is 110 Å². The molecule has 36 nitrogen and oxygen atoms in total. The molecule has 2 aliphatic heterocycles. The average molecular weight is 1880 g/mol. The van der Waals surface area contributed by atoms with Gasteiger partial charge in [0.25, 0.3) is 23.6 Å². The Morgan fingerprint density at radius 1 is 0.614 bits per heavy atom. The number of nitrogens with one attached hydrogen (secondary N) is 8. The van der Waals surface area contributed by atoms with Gasteiger partial charge in [0.15, 0.2) is 11.5 Å². The molecule has 11 N–H and O–H groups in total. The number of nitrogens with two attached hydrogens (primary N) is 1. The molecule has 0 radical (unpaired) electrons. The van der Waals surface area contributed by atoms with Gasteiger partial charge in [0, 0.05) is 94.2 Å². The van der Waals surface area contributed by atoms with Crippen LogP contribution in [0.4, 0.5) is 21.0 Å². The number of aliphatic hydroxyl groups is 1. The first-order chi connectivity index (χ1) is 63.0. The number of carbonyl (C=O) groups excluding carboxylic acids is 13. The minimum Gasteiger partial charge on any atom is -0.493 e. The summed E-state index contributed by atoms with van der Waals surface area (Å²) in [6.07, 6.45) is -1.30. The molecule has 0 bridgehead atoms. The fraction of sp³-hybridized carbons (Fsp3) is 0.521. The number of benzene rings is 5. The van der Waals surface area contributed by atoms with Crippen molar-refractivity contribution in [1.82, 2.24) is 51.9 Å². The number of urea groups is 1. The van der Waals surface area contributed by atoms with Gasteiger partial charge in [-0.2, -0.15) is 0 Å². The molecular weight excluding hydrogens is 1740 g/mol. The normalized spacial score (nSPS) is 15.7. The molecule has 5 aromatic rings. The smallest absolute Gasteiger partial charge is 0.410 e. The Balaban J connectivity index is 0.856. The summed E-state index contributed by atoms with van der Waals surface area (Å²) in [4.78, 5) is 185. The molecular formula is C94H131N13O23S2. The van der Waals surface area contributed by atoms with Gasteiger partial charge in [-0.05, 0) is 128 Å². The minimum atomic E-state index is -1.18. The molecule has 7 rings (SSSR count). The number of carbonyl (C=O) groups is 13. The number of likely N-dealkylation sites (N-methyl/N-ethyl adjacent to an activating group) is 2. The van der Waals surface area contributed by atoms with E-state index in [1.807, 2.05) is 32.0 Å². The molecule has 2 aliphatic rings. The summed E-state index contributed by atoms with van der Waals surface area (Å²) >= 11 is 2.12. The van der Waals surface area contributed by atoms with E-state index in [-0.39, 0.29) is 134 Å². The van der Waals surface area contributed by atoms with Crippen LogP contribution in [0.2, 0.25) is 0 Å². The lowest BCUT2D eigenvalue weighted by Gasteiger charge is -2.41. The SMILES string of the molecule is CCC(C)[C@@H]([C@@H](CC(=O)N1CCC[C@H]1[C@H](OC)[C@@H](C)C(=O)N[C@H](C)[C@@H](O)c1ccccc1)OC)N(C)C(=O)[C@@H](NC(=O)[C@H](C(C)C)N(C)C(=O)OCc1ccc(NC(=O)[C@H](CCCNC(N)=O)NC(=O)[C@@H](NC(=O)COCCOCCOCCOc2c(OC)cc(N3C(=O)C(Sc4ccc(C(=O)NC)cc4)=C(Sc4ccc(C(=O)NC)cc4)C3=O)cc2OC)C(C)C)cc1)C(C)C. The van der Waals surface area contributed by atoms with Gasteiger partial charge < -0.3 is 106 Å². The summed E-state index contributed by atoms with van der Waals surface area (Å²) < 4.78 is 52.2. The first-order valence-electron chi connectivity index (χ1n) is 44.1.